The summed E-state index contributed by atoms with van der Waals surface area (Å²) in [7, 11) is 3.25. The van der Waals surface area contributed by atoms with Crippen LogP contribution in [-0.2, 0) is 6.42 Å². The number of benzene rings is 2. The summed E-state index contributed by atoms with van der Waals surface area (Å²) in [6.45, 7) is 9.84. The van der Waals surface area contributed by atoms with Crippen molar-refractivity contribution < 1.29 is 28.4 Å². The summed E-state index contributed by atoms with van der Waals surface area (Å²) in [4.78, 5) is 0. The molecular weight excluding hydrogens is 372 g/mol. The fourth-order valence-electron chi connectivity index (χ4n) is 3.14. The number of hydrogen-bond donors (Lipinski definition) is 0. The van der Waals surface area contributed by atoms with Gasteiger partial charge < -0.3 is 28.4 Å². The number of rotatable bonds is 12. The quantitative estimate of drug-likeness (QED) is 0.502. The Morgan fingerprint density at radius 3 is 1.17 bits per heavy atom. The standard InChI is InChI=1S/C23H32O6/c1-7-26-20-16(11-13-18(24-5)22(20)28-9-3)15-17-12-14-19(25-6)23(29-10-4)21(17)27-8-2/h11-14H,7-10,15H2,1-6H3. The second-order valence-corrected chi connectivity index (χ2v) is 6.08. The van der Waals surface area contributed by atoms with Crippen LogP contribution in [0.2, 0.25) is 0 Å². The highest BCUT2D eigenvalue weighted by Crippen LogP contribution is 2.45. The molecule has 6 nitrogen and oxygen atoms in total. The van der Waals surface area contributed by atoms with E-state index in [4.69, 9.17) is 28.4 Å². The fourth-order valence-corrected chi connectivity index (χ4v) is 3.14. The van der Waals surface area contributed by atoms with Crippen molar-refractivity contribution in [3.63, 3.8) is 0 Å². The molecule has 2 aromatic rings. The summed E-state index contributed by atoms with van der Waals surface area (Å²) in [5, 5.41) is 0. The predicted molar refractivity (Wildman–Crippen MR) is 113 cm³/mol. The zero-order valence-electron chi connectivity index (χ0n) is 18.3. The monoisotopic (exact) mass is 404 g/mol. The molecule has 0 aliphatic rings. The van der Waals surface area contributed by atoms with E-state index in [1.54, 1.807) is 14.2 Å². The first-order valence-electron chi connectivity index (χ1n) is 10.1. The van der Waals surface area contributed by atoms with Crippen molar-refractivity contribution in [1.29, 1.82) is 0 Å². The maximum atomic E-state index is 5.96. The van der Waals surface area contributed by atoms with E-state index < -0.39 is 0 Å². The molecule has 0 atom stereocenters. The summed E-state index contributed by atoms with van der Waals surface area (Å²) in [5.41, 5.74) is 1.95. The van der Waals surface area contributed by atoms with Gasteiger partial charge in [-0.15, -0.1) is 0 Å². The van der Waals surface area contributed by atoms with Gasteiger partial charge in [-0.2, -0.15) is 0 Å². The van der Waals surface area contributed by atoms with Gasteiger partial charge in [0.25, 0.3) is 0 Å². The minimum Gasteiger partial charge on any atom is -0.493 e. The lowest BCUT2D eigenvalue weighted by molar-refractivity contribution is 0.268. The molecule has 0 aliphatic heterocycles. The van der Waals surface area contributed by atoms with Gasteiger partial charge in [0.05, 0.1) is 40.6 Å². The van der Waals surface area contributed by atoms with E-state index in [-0.39, 0.29) is 0 Å². The van der Waals surface area contributed by atoms with Crippen molar-refractivity contribution in [1.82, 2.24) is 0 Å². The highest BCUT2D eigenvalue weighted by atomic mass is 16.5. The summed E-state index contributed by atoms with van der Waals surface area (Å²) in [6, 6.07) is 7.78. The van der Waals surface area contributed by atoms with Crippen LogP contribution in [0.5, 0.6) is 34.5 Å². The molecule has 0 saturated heterocycles. The molecule has 0 fully saturated rings. The minimum atomic E-state index is 0.515. The number of methoxy groups -OCH3 is 2. The van der Waals surface area contributed by atoms with Crippen molar-refractivity contribution in [2.24, 2.45) is 0 Å². The van der Waals surface area contributed by atoms with Gasteiger partial charge in [0.2, 0.25) is 11.5 Å². The Kier molecular flexibility index (Phi) is 8.77. The van der Waals surface area contributed by atoms with Gasteiger partial charge >= 0.3 is 0 Å². The highest BCUT2D eigenvalue weighted by Gasteiger charge is 2.21. The molecule has 0 amide bonds. The molecule has 0 aromatic heterocycles. The van der Waals surface area contributed by atoms with E-state index in [1.165, 1.54) is 0 Å². The minimum absolute atomic E-state index is 0.515. The molecule has 6 heteroatoms. The third-order valence-electron chi connectivity index (χ3n) is 4.29. The smallest absolute Gasteiger partial charge is 0.203 e. The molecule has 0 saturated carbocycles. The van der Waals surface area contributed by atoms with Crippen molar-refractivity contribution in [2.75, 3.05) is 40.6 Å². The first-order valence-corrected chi connectivity index (χ1v) is 10.1. The lowest BCUT2D eigenvalue weighted by Crippen LogP contribution is -2.06. The van der Waals surface area contributed by atoms with Crippen molar-refractivity contribution >= 4 is 0 Å². The van der Waals surface area contributed by atoms with Crippen LogP contribution >= 0.6 is 0 Å². The summed E-state index contributed by atoms with van der Waals surface area (Å²) in [6.07, 6.45) is 0.582. The van der Waals surface area contributed by atoms with Crippen LogP contribution < -0.4 is 28.4 Å². The van der Waals surface area contributed by atoms with Gasteiger partial charge in [-0.1, -0.05) is 12.1 Å². The van der Waals surface area contributed by atoms with Crippen molar-refractivity contribution in [2.45, 2.75) is 34.1 Å². The second-order valence-electron chi connectivity index (χ2n) is 6.08. The van der Waals surface area contributed by atoms with E-state index in [0.717, 1.165) is 11.1 Å². The average Bonchev–Trinajstić information content (AvgIpc) is 2.73. The van der Waals surface area contributed by atoms with Crippen LogP contribution in [0.3, 0.4) is 0 Å². The molecule has 0 spiro atoms. The molecule has 0 aliphatic carbocycles. The predicted octanol–water partition coefficient (Wildman–Crippen LogP) is 4.89. The van der Waals surface area contributed by atoms with Crippen LogP contribution in [0, 0.1) is 0 Å². The van der Waals surface area contributed by atoms with Crippen LogP contribution in [0.15, 0.2) is 24.3 Å². The average molecular weight is 405 g/mol. The van der Waals surface area contributed by atoms with Gasteiger partial charge in [0, 0.05) is 17.5 Å². The largest absolute Gasteiger partial charge is 0.493 e. The lowest BCUT2D eigenvalue weighted by atomic mass is 10.0. The van der Waals surface area contributed by atoms with Gasteiger partial charge in [0.1, 0.15) is 0 Å². The Balaban J connectivity index is 2.57. The van der Waals surface area contributed by atoms with E-state index in [1.807, 2.05) is 52.0 Å². The van der Waals surface area contributed by atoms with E-state index in [9.17, 15) is 0 Å². The van der Waals surface area contributed by atoms with E-state index in [0.29, 0.717) is 67.3 Å². The first-order chi connectivity index (χ1) is 14.1. The maximum absolute atomic E-state index is 5.96. The number of ether oxygens (including phenoxy) is 6. The molecular formula is C23H32O6. The van der Waals surface area contributed by atoms with Gasteiger partial charge in [0.15, 0.2) is 23.0 Å². The van der Waals surface area contributed by atoms with E-state index in [2.05, 4.69) is 0 Å². The van der Waals surface area contributed by atoms with Crippen LogP contribution in [-0.4, -0.2) is 40.6 Å². The van der Waals surface area contributed by atoms with Crippen LogP contribution in [0.25, 0.3) is 0 Å². The highest BCUT2D eigenvalue weighted by molar-refractivity contribution is 5.60. The van der Waals surface area contributed by atoms with Crippen molar-refractivity contribution in [3.05, 3.63) is 35.4 Å². The SMILES string of the molecule is CCOc1c(Cc2ccc(OC)c(OCC)c2OCC)ccc(OC)c1OCC. The second kappa shape index (κ2) is 11.3. The van der Waals surface area contributed by atoms with Gasteiger partial charge in [-0.25, -0.2) is 0 Å². The molecule has 2 aromatic carbocycles. The van der Waals surface area contributed by atoms with Gasteiger partial charge in [-0.3, -0.25) is 0 Å². The molecule has 0 radical (unpaired) electrons. The Hall–Kier alpha value is -2.76. The van der Waals surface area contributed by atoms with Crippen molar-refractivity contribution in [3.8, 4) is 34.5 Å². The van der Waals surface area contributed by atoms with E-state index >= 15 is 0 Å². The normalized spacial score (nSPS) is 10.4. The summed E-state index contributed by atoms with van der Waals surface area (Å²) in [5.74, 6) is 3.90. The fraction of sp³-hybridized carbons (Fsp3) is 0.478. The molecule has 0 N–H and O–H groups in total. The third kappa shape index (κ3) is 5.19. The molecule has 29 heavy (non-hydrogen) atoms. The Morgan fingerprint density at radius 1 is 0.517 bits per heavy atom. The maximum Gasteiger partial charge on any atom is 0.203 e. The molecule has 2 rings (SSSR count). The Morgan fingerprint density at radius 2 is 0.862 bits per heavy atom. The lowest BCUT2D eigenvalue weighted by Gasteiger charge is -2.20. The van der Waals surface area contributed by atoms with Crippen LogP contribution in [0.4, 0.5) is 0 Å². The Bertz CT molecular complexity index is 722. The zero-order valence-corrected chi connectivity index (χ0v) is 18.3. The molecule has 0 heterocycles. The third-order valence-corrected chi connectivity index (χ3v) is 4.29. The number of hydrogen-bond acceptors (Lipinski definition) is 6. The molecule has 160 valence electrons. The van der Waals surface area contributed by atoms with Crippen LogP contribution in [0.1, 0.15) is 38.8 Å². The Labute approximate surface area is 173 Å². The molecule has 0 unspecified atom stereocenters. The zero-order chi connectivity index (χ0) is 21.2. The van der Waals surface area contributed by atoms with Gasteiger partial charge in [-0.05, 0) is 39.8 Å². The first kappa shape index (κ1) is 22.5. The topological polar surface area (TPSA) is 55.4 Å². The molecule has 0 bridgehead atoms. The summed E-state index contributed by atoms with van der Waals surface area (Å²) >= 11 is 0. The summed E-state index contributed by atoms with van der Waals surface area (Å²) < 4.78 is 34.5.